The van der Waals surface area contributed by atoms with Crippen LogP contribution < -0.4 is 15.4 Å². The van der Waals surface area contributed by atoms with Crippen LogP contribution in [0, 0.1) is 17.7 Å². The minimum absolute atomic E-state index is 0.0331. The molecule has 0 radical (unpaired) electrons. The number of hydrogen-bond donors (Lipinski definition) is 0. The van der Waals surface area contributed by atoms with E-state index in [1.807, 2.05) is 4.90 Å². The summed E-state index contributed by atoms with van der Waals surface area (Å²) >= 11 is 0.669. The third-order valence-corrected chi connectivity index (χ3v) is 8.72. The minimum atomic E-state index is -4.82. The van der Waals surface area contributed by atoms with E-state index in [1.165, 1.54) is 22.9 Å². The molecule has 1 aromatic carbocycles. The van der Waals surface area contributed by atoms with Gasteiger partial charge in [0.05, 0.1) is 11.9 Å². The largest absolute Gasteiger partial charge is 0.457 e. The van der Waals surface area contributed by atoms with Gasteiger partial charge >= 0.3 is 12.1 Å². The average molecular weight is 601 g/mol. The molecule has 14 heteroatoms. The van der Waals surface area contributed by atoms with Crippen molar-refractivity contribution in [3.63, 3.8) is 0 Å². The standard InChI is InChI=1S/C28H24F4N6O3S/c1-36-21(39)10-20(16-8-9-33-11-19(16)29)34-26(36)37(2)22-17-12-38(13-18(17)22)27-35-24(28(30,31)32)23(42-27)25(40)41-14-15-6-4-3-5-7-15/h3-11,17-18,22H,12-14H2,1-2H3/t17-,18+,22-. The highest BCUT2D eigenvalue weighted by Gasteiger charge is 2.59. The van der Waals surface area contributed by atoms with Crippen molar-refractivity contribution in [2.75, 3.05) is 29.9 Å². The lowest BCUT2D eigenvalue weighted by molar-refractivity contribution is -0.141. The molecule has 1 saturated carbocycles. The monoisotopic (exact) mass is 600 g/mol. The molecule has 4 aromatic rings. The molecule has 6 rings (SSSR count). The van der Waals surface area contributed by atoms with Crippen LogP contribution in [0.1, 0.15) is 20.9 Å². The number of pyridine rings is 1. The molecule has 9 nitrogen and oxygen atoms in total. The van der Waals surface area contributed by atoms with E-state index in [0.29, 0.717) is 35.9 Å². The van der Waals surface area contributed by atoms with Crippen molar-refractivity contribution in [3.8, 4) is 11.3 Å². The van der Waals surface area contributed by atoms with Gasteiger partial charge in [-0.1, -0.05) is 41.7 Å². The summed E-state index contributed by atoms with van der Waals surface area (Å²) in [7, 11) is 3.36. The van der Waals surface area contributed by atoms with E-state index >= 15 is 0 Å². The zero-order valence-corrected chi connectivity index (χ0v) is 23.2. The van der Waals surface area contributed by atoms with Gasteiger partial charge in [-0.2, -0.15) is 13.2 Å². The Hall–Kier alpha value is -4.33. The van der Waals surface area contributed by atoms with Gasteiger partial charge in [-0.05, 0) is 11.6 Å². The Morgan fingerprint density at radius 2 is 1.86 bits per heavy atom. The topological polar surface area (TPSA) is 93.5 Å². The summed E-state index contributed by atoms with van der Waals surface area (Å²) in [6, 6.07) is 11.4. The van der Waals surface area contributed by atoms with Crippen molar-refractivity contribution in [2.24, 2.45) is 18.9 Å². The first-order valence-corrected chi connectivity index (χ1v) is 13.8. The van der Waals surface area contributed by atoms with Crippen LogP contribution >= 0.6 is 11.3 Å². The molecule has 0 unspecified atom stereocenters. The summed E-state index contributed by atoms with van der Waals surface area (Å²) in [4.78, 5) is 40.4. The van der Waals surface area contributed by atoms with Gasteiger partial charge in [0.25, 0.3) is 5.56 Å². The molecule has 218 valence electrons. The number of rotatable bonds is 7. The molecule has 0 bridgehead atoms. The molecule has 1 aliphatic carbocycles. The number of alkyl halides is 3. The van der Waals surface area contributed by atoms with E-state index in [0.717, 1.165) is 6.20 Å². The number of hydrogen-bond acceptors (Lipinski definition) is 9. The van der Waals surface area contributed by atoms with Gasteiger partial charge < -0.3 is 14.5 Å². The van der Waals surface area contributed by atoms with Crippen molar-refractivity contribution >= 4 is 28.4 Å². The van der Waals surface area contributed by atoms with Gasteiger partial charge in [0.1, 0.15) is 11.5 Å². The predicted molar refractivity (Wildman–Crippen MR) is 147 cm³/mol. The molecule has 0 amide bonds. The fraction of sp³-hybridized carbons (Fsp3) is 0.321. The Bertz CT molecular complexity index is 1700. The van der Waals surface area contributed by atoms with Gasteiger partial charge in [0.2, 0.25) is 5.95 Å². The van der Waals surface area contributed by atoms with Crippen LogP contribution in [0.2, 0.25) is 0 Å². The number of halogens is 4. The zero-order valence-electron chi connectivity index (χ0n) is 22.4. The zero-order chi connectivity index (χ0) is 29.8. The summed E-state index contributed by atoms with van der Waals surface area (Å²) in [5, 5.41) is 0.100. The van der Waals surface area contributed by atoms with Crippen LogP contribution in [0.15, 0.2) is 59.7 Å². The maximum absolute atomic E-state index is 14.3. The molecule has 4 heterocycles. The van der Waals surface area contributed by atoms with Crippen LogP contribution in [0.25, 0.3) is 11.3 Å². The van der Waals surface area contributed by atoms with E-state index in [-0.39, 0.29) is 46.4 Å². The molecular formula is C28H24F4N6O3S. The first-order valence-electron chi connectivity index (χ1n) is 13.0. The summed E-state index contributed by atoms with van der Waals surface area (Å²) in [5.41, 5.74) is -0.625. The Labute approximate surface area is 241 Å². The lowest BCUT2D eigenvalue weighted by atomic mass is 10.2. The first-order chi connectivity index (χ1) is 20.0. The molecule has 3 atom stereocenters. The van der Waals surface area contributed by atoms with E-state index in [1.54, 1.807) is 49.3 Å². The Kier molecular flexibility index (Phi) is 6.95. The number of aromatic nitrogens is 4. The third kappa shape index (κ3) is 5.10. The number of carbonyl (C=O) groups is 1. The van der Waals surface area contributed by atoms with Gasteiger partial charge in [-0.25, -0.2) is 19.2 Å². The lowest BCUT2D eigenvalue weighted by Gasteiger charge is -2.26. The Morgan fingerprint density at radius 3 is 2.52 bits per heavy atom. The van der Waals surface area contributed by atoms with E-state index in [9.17, 15) is 27.2 Å². The van der Waals surface area contributed by atoms with E-state index in [2.05, 4.69) is 15.0 Å². The Balaban J connectivity index is 1.18. The van der Waals surface area contributed by atoms with E-state index in [4.69, 9.17) is 4.74 Å². The number of thiazole rings is 1. The van der Waals surface area contributed by atoms with Crippen molar-refractivity contribution < 1.29 is 27.1 Å². The number of ether oxygens (including phenoxy) is 1. The number of fused-ring (bicyclic) bond motifs is 1. The molecule has 0 N–H and O–H groups in total. The quantitative estimate of drug-likeness (QED) is 0.228. The number of nitrogens with zero attached hydrogens (tertiary/aromatic N) is 6. The van der Waals surface area contributed by atoms with Crippen LogP contribution in [0.4, 0.5) is 28.6 Å². The second kappa shape index (κ2) is 10.5. The average Bonchev–Trinajstić information content (AvgIpc) is 3.28. The number of carbonyl (C=O) groups excluding carboxylic acids is 1. The summed E-state index contributed by atoms with van der Waals surface area (Å²) in [6.07, 6.45) is -2.36. The van der Waals surface area contributed by atoms with E-state index < -0.39 is 28.5 Å². The fourth-order valence-electron chi connectivity index (χ4n) is 5.49. The smallest absolute Gasteiger partial charge is 0.435 e. The SMILES string of the molecule is CN(c1nc(-c2ccncc2F)cc(=O)n1C)[C@@H]1[C@@H]2CN(c3nc(C(F)(F)F)c(C(=O)OCc4ccccc4)s3)C[C@@H]21. The molecule has 1 aliphatic heterocycles. The molecule has 1 saturated heterocycles. The van der Waals surface area contributed by atoms with Crippen molar-refractivity contribution in [2.45, 2.75) is 18.8 Å². The maximum atomic E-state index is 14.3. The van der Waals surface area contributed by atoms with Crippen molar-refractivity contribution in [1.29, 1.82) is 0 Å². The van der Waals surface area contributed by atoms with Crippen LogP contribution in [-0.4, -0.2) is 51.7 Å². The molecule has 0 spiro atoms. The van der Waals surface area contributed by atoms with Crippen LogP contribution in [0.5, 0.6) is 0 Å². The summed E-state index contributed by atoms with van der Waals surface area (Å²) < 4.78 is 62.3. The second-order valence-electron chi connectivity index (χ2n) is 10.3. The molecule has 2 fully saturated rings. The minimum Gasteiger partial charge on any atom is -0.457 e. The highest BCUT2D eigenvalue weighted by molar-refractivity contribution is 7.17. The first kappa shape index (κ1) is 27.8. The van der Waals surface area contributed by atoms with Gasteiger partial charge in [-0.15, -0.1) is 0 Å². The highest BCUT2D eigenvalue weighted by Crippen LogP contribution is 2.51. The second-order valence-corrected chi connectivity index (χ2v) is 11.2. The molecule has 42 heavy (non-hydrogen) atoms. The number of benzene rings is 1. The maximum Gasteiger partial charge on any atom is 0.435 e. The molecule has 3 aromatic heterocycles. The molecule has 2 aliphatic rings. The van der Waals surface area contributed by atoms with Gasteiger partial charge in [0.15, 0.2) is 16.6 Å². The number of anilines is 2. The molecular weight excluding hydrogens is 576 g/mol. The number of esters is 1. The fourth-order valence-corrected chi connectivity index (χ4v) is 6.48. The normalized spacial score (nSPS) is 19.5. The van der Waals surface area contributed by atoms with Crippen molar-refractivity contribution in [1.82, 2.24) is 19.5 Å². The summed E-state index contributed by atoms with van der Waals surface area (Å²) in [5.74, 6) is -1.19. The third-order valence-electron chi connectivity index (χ3n) is 7.62. The van der Waals surface area contributed by atoms with Gasteiger partial charge in [0, 0.05) is 62.9 Å². The highest BCUT2D eigenvalue weighted by atomic mass is 32.1. The Morgan fingerprint density at radius 1 is 1.14 bits per heavy atom. The number of piperidine rings is 1. The lowest BCUT2D eigenvalue weighted by Crippen LogP contribution is -2.36. The predicted octanol–water partition coefficient (Wildman–Crippen LogP) is 4.38. The van der Waals surface area contributed by atoms with Crippen molar-refractivity contribution in [3.05, 3.63) is 87.2 Å². The van der Waals surface area contributed by atoms with Crippen LogP contribution in [-0.2, 0) is 24.6 Å². The van der Waals surface area contributed by atoms with Gasteiger partial charge in [-0.3, -0.25) is 14.3 Å². The summed E-state index contributed by atoms with van der Waals surface area (Å²) in [6.45, 7) is 0.669. The van der Waals surface area contributed by atoms with Crippen LogP contribution in [0.3, 0.4) is 0 Å².